The molecule has 0 bridgehead atoms. The van der Waals surface area contributed by atoms with Gasteiger partial charge in [0.1, 0.15) is 5.60 Å². The number of aliphatic hydroxyl groups is 1. The average Bonchev–Trinajstić information content (AvgIpc) is 2.83. The van der Waals surface area contributed by atoms with Crippen LogP contribution in [-0.4, -0.2) is 25.4 Å². The summed E-state index contributed by atoms with van der Waals surface area (Å²) >= 11 is 0. The molecule has 1 fully saturated rings. The molecule has 0 aliphatic heterocycles. The van der Waals surface area contributed by atoms with Crippen molar-refractivity contribution in [2.75, 3.05) is 20.3 Å². The first-order valence-electron chi connectivity index (χ1n) is 7.05. The number of hydrogen-bond donors (Lipinski definition) is 2. The molecule has 1 aromatic carbocycles. The van der Waals surface area contributed by atoms with E-state index in [0.29, 0.717) is 19.1 Å². The smallest absolute Gasteiger partial charge is 0.120 e. The van der Waals surface area contributed by atoms with Gasteiger partial charge in [-0.2, -0.15) is 0 Å². The molecule has 19 heavy (non-hydrogen) atoms. The van der Waals surface area contributed by atoms with Crippen molar-refractivity contribution < 1.29 is 9.84 Å². The van der Waals surface area contributed by atoms with Crippen LogP contribution in [0, 0.1) is 11.3 Å². The van der Waals surface area contributed by atoms with Gasteiger partial charge >= 0.3 is 0 Å². The highest BCUT2D eigenvalue weighted by molar-refractivity contribution is 5.27. The molecule has 2 rings (SSSR count). The topological polar surface area (TPSA) is 55.5 Å². The second kappa shape index (κ2) is 5.61. The van der Waals surface area contributed by atoms with E-state index in [1.807, 2.05) is 30.3 Å². The lowest BCUT2D eigenvalue weighted by atomic mass is 9.67. The van der Waals surface area contributed by atoms with Crippen LogP contribution in [0.5, 0.6) is 0 Å². The van der Waals surface area contributed by atoms with Crippen LogP contribution in [0.2, 0.25) is 0 Å². The van der Waals surface area contributed by atoms with Crippen LogP contribution < -0.4 is 5.73 Å². The van der Waals surface area contributed by atoms with Crippen LogP contribution in [0.4, 0.5) is 0 Å². The summed E-state index contributed by atoms with van der Waals surface area (Å²) in [6, 6.07) is 9.82. The van der Waals surface area contributed by atoms with Gasteiger partial charge in [0, 0.05) is 19.1 Å². The first kappa shape index (κ1) is 14.5. The molecule has 106 valence electrons. The molecule has 3 N–H and O–H groups in total. The molecule has 3 heteroatoms. The number of ether oxygens (including phenoxy) is 1. The lowest BCUT2D eigenvalue weighted by Crippen LogP contribution is -2.52. The van der Waals surface area contributed by atoms with Crippen LogP contribution in [0.25, 0.3) is 0 Å². The summed E-state index contributed by atoms with van der Waals surface area (Å²) in [5.41, 5.74) is 5.71. The third kappa shape index (κ3) is 2.42. The van der Waals surface area contributed by atoms with E-state index in [-0.39, 0.29) is 5.41 Å². The Hall–Kier alpha value is -0.900. The van der Waals surface area contributed by atoms with Crippen molar-refractivity contribution in [2.24, 2.45) is 17.1 Å². The van der Waals surface area contributed by atoms with Crippen LogP contribution in [0.1, 0.15) is 31.7 Å². The van der Waals surface area contributed by atoms with Crippen molar-refractivity contribution in [3.63, 3.8) is 0 Å². The van der Waals surface area contributed by atoms with Crippen molar-refractivity contribution >= 4 is 0 Å². The molecule has 0 heterocycles. The van der Waals surface area contributed by atoms with Crippen LogP contribution in [-0.2, 0) is 10.3 Å². The molecule has 1 aliphatic carbocycles. The summed E-state index contributed by atoms with van der Waals surface area (Å²) in [5.74, 6) is 0.607. The molecule has 0 spiro atoms. The van der Waals surface area contributed by atoms with E-state index in [1.54, 1.807) is 7.11 Å². The van der Waals surface area contributed by atoms with Crippen molar-refractivity contribution in [3.05, 3.63) is 35.9 Å². The highest BCUT2D eigenvalue weighted by Crippen LogP contribution is 2.52. The predicted octanol–water partition coefficient (Wildman–Crippen LogP) is 2.29. The number of nitrogens with two attached hydrogens (primary N) is 1. The van der Waals surface area contributed by atoms with Crippen LogP contribution in [0.15, 0.2) is 30.3 Å². The lowest BCUT2D eigenvalue weighted by Gasteiger charge is -2.45. The summed E-state index contributed by atoms with van der Waals surface area (Å²) in [5, 5.41) is 11.3. The Morgan fingerprint density at radius 1 is 1.42 bits per heavy atom. The van der Waals surface area contributed by atoms with Gasteiger partial charge in [-0.3, -0.25) is 0 Å². The molecule has 0 radical (unpaired) electrons. The maximum Gasteiger partial charge on any atom is 0.120 e. The van der Waals surface area contributed by atoms with Gasteiger partial charge in [0.2, 0.25) is 0 Å². The fraction of sp³-hybridized carbons (Fsp3) is 0.625. The largest absolute Gasteiger partial charge is 0.382 e. The first-order valence-corrected chi connectivity index (χ1v) is 7.05. The zero-order valence-corrected chi connectivity index (χ0v) is 11.9. The fourth-order valence-electron chi connectivity index (χ4n) is 3.59. The fourth-order valence-corrected chi connectivity index (χ4v) is 3.59. The molecule has 1 aromatic rings. The van der Waals surface area contributed by atoms with Crippen molar-refractivity contribution in [1.29, 1.82) is 0 Å². The number of rotatable bonds is 5. The van der Waals surface area contributed by atoms with E-state index in [4.69, 9.17) is 10.5 Å². The zero-order valence-electron chi connectivity index (χ0n) is 11.9. The Labute approximate surface area is 115 Å². The average molecular weight is 263 g/mol. The highest BCUT2D eigenvalue weighted by Gasteiger charge is 2.53. The SMILES string of the molecule is COCC(O)(c1ccccc1)C1(CN)CCC(C)C1. The standard InChI is InChI=1S/C16H25NO2/c1-13-8-9-15(10-13,11-17)16(18,12-19-2)14-6-4-3-5-7-14/h3-7,13,18H,8-12,17H2,1-2H3. The minimum absolute atomic E-state index is 0.274. The van der Waals surface area contributed by atoms with Gasteiger partial charge in [-0.1, -0.05) is 37.3 Å². The van der Waals surface area contributed by atoms with Gasteiger partial charge in [-0.15, -0.1) is 0 Å². The summed E-state index contributed by atoms with van der Waals surface area (Å²) in [6.45, 7) is 3.02. The quantitative estimate of drug-likeness (QED) is 0.857. The Balaban J connectivity index is 2.43. The molecule has 1 aliphatic rings. The normalized spacial score (nSPS) is 30.2. The third-order valence-electron chi connectivity index (χ3n) is 4.73. The van der Waals surface area contributed by atoms with Crippen LogP contribution in [0.3, 0.4) is 0 Å². The third-order valence-corrected chi connectivity index (χ3v) is 4.73. The van der Waals surface area contributed by atoms with Crippen molar-refractivity contribution in [3.8, 4) is 0 Å². The Bertz CT molecular complexity index is 408. The van der Waals surface area contributed by atoms with E-state index in [0.717, 1.165) is 24.8 Å². The molecular formula is C16H25NO2. The molecule has 3 unspecified atom stereocenters. The van der Waals surface area contributed by atoms with Gasteiger partial charge in [0.05, 0.1) is 6.61 Å². The second-order valence-electron chi connectivity index (χ2n) is 5.99. The Morgan fingerprint density at radius 3 is 2.58 bits per heavy atom. The molecule has 3 atom stereocenters. The molecular weight excluding hydrogens is 238 g/mol. The van der Waals surface area contributed by atoms with Gasteiger partial charge in [-0.25, -0.2) is 0 Å². The van der Waals surface area contributed by atoms with Crippen LogP contribution >= 0.6 is 0 Å². The minimum atomic E-state index is -0.997. The number of hydrogen-bond acceptors (Lipinski definition) is 3. The van der Waals surface area contributed by atoms with Gasteiger partial charge in [-0.05, 0) is 30.7 Å². The molecule has 1 saturated carbocycles. The number of benzene rings is 1. The van der Waals surface area contributed by atoms with Crippen molar-refractivity contribution in [1.82, 2.24) is 0 Å². The summed E-state index contributed by atoms with van der Waals surface area (Å²) in [4.78, 5) is 0. The Morgan fingerprint density at radius 2 is 2.11 bits per heavy atom. The van der Waals surface area contributed by atoms with Gasteiger partial charge in [0.15, 0.2) is 0 Å². The highest BCUT2D eigenvalue weighted by atomic mass is 16.5. The molecule has 0 aromatic heterocycles. The monoisotopic (exact) mass is 263 g/mol. The maximum absolute atomic E-state index is 11.3. The minimum Gasteiger partial charge on any atom is -0.382 e. The zero-order chi connectivity index (χ0) is 13.9. The van der Waals surface area contributed by atoms with E-state index in [9.17, 15) is 5.11 Å². The second-order valence-corrected chi connectivity index (χ2v) is 5.99. The summed E-state index contributed by atoms with van der Waals surface area (Å²) < 4.78 is 5.33. The molecule has 0 saturated heterocycles. The molecule has 0 amide bonds. The van der Waals surface area contributed by atoms with E-state index >= 15 is 0 Å². The van der Waals surface area contributed by atoms with E-state index < -0.39 is 5.60 Å². The van der Waals surface area contributed by atoms with Gasteiger partial charge in [0.25, 0.3) is 0 Å². The predicted molar refractivity (Wildman–Crippen MR) is 76.7 cm³/mol. The van der Waals surface area contributed by atoms with E-state index in [1.165, 1.54) is 0 Å². The number of methoxy groups -OCH3 is 1. The van der Waals surface area contributed by atoms with E-state index in [2.05, 4.69) is 6.92 Å². The summed E-state index contributed by atoms with van der Waals surface area (Å²) in [6.07, 6.45) is 3.04. The maximum atomic E-state index is 11.3. The first-order chi connectivity index (χ1) is 9.08. The molecule has 3 nitrogen and oxygen atoms in total. The van der Waals surface area contributed by atoms with Crippen molar-refractivity contribution in [2.45, 2.75) is 31.8 Å². The lowest BCUT2D eigenvalue weighted by molar-refractivity contribution is -0.128. The Kier molecular flexibility index (Phi) is 4.29. The van der Waals surface area contributed by atoms with Gasteiger partial charge < -0.3 is 15.6 Å². The summed E-state index contributed by atoms with van der Waals surface area (Å²) in [7, 11) is 1.64.